The van der Waals surface area contributed by atoms with Gasteiger partial charge in [-0.2, -0.15) is 5.10 Å². The van der Waals surface area contributed by atoms with E-state index in [1.54, 1.807) is 7.11 Å². The van der Waals surface area contributed by atoms with Crippen molar-refractivity contribution in [3.05, 3.63) is 82.7 Å². The zero-order valence-electron chi connectivity index (χ0n) is 17.4. The largest absolute Gasteiger partial charge is 0.380 e. The first kappa shape index (κ1) is 20.6. The van der Waals surface area contributed by atoms with Crippen molar-refractivity contribution >= 4 is 6.03 Å². The maximum absolute atomic E-state index is 12.4. The molecule has 2 aromatic carbocycles. The highest BCUT2D eigenvalue weighted by Gasteiger charge is 2.16. The molecule has 1 aromatic heterocycles. The quantitative estimate of drug-likeness (QED) is 0.633. The molecule has 0 aliphatic carbocycles. The fourth-order valence-electron chi connectivity index (χ4n) is 3.32. The lowest BCUT2D eigenvalue weighted by atomic mass is 10.1. The van der Waals surface area contributed by atoms with Crippen molar-refractivity contribution in [3.8, 4) is 5.69 Å². The van der Waals surface area contributed by atoms with Crippen LogP contribution in [-0.2, 0) is 17.9 Å². The molecule has 0 unspecified atom stereocenters. The molecule has 0 radical (unpaired) electrons. The number of aromatic nitrogens is 2. The molecule has 2 amide bonds. The lowest BCUT2D eigenvalue weighted by molar-refractivity contribution is 0.184. The summed E-state index contributed by atoms with van der Waals surface area (Å²) in [6.07, 6.45) is 1.81. The van der Waals surface area contributed by atoms with Gasteiger partial charge in [0.25, 0.3) is 0 Å². The summed E-state index contributed by atoms with van der Waals surface area (Å²) in [5.41, 5.74) is 6.31. The first-order valence-electron chi connectivity index (χ1n) is 9.71. The number of nitrogens with one attached hydrogen (secondary N) is 2. The lowest BCUT2D eigenvalue weighted by Crippen LogP contribution is -2.37. The van der Waals surface area contributed by atoms with E-state index in [2.05, 4.69) is 34.8 Å². The summed E-state index contributed by atoms with van der Waals surface area (Å²) in [6.45, 7) is 7.00. The Labute approximate surface area is 171 Å². The van der Waals surface area contributed by atoms with Gasteiger partial charge in [0.1, 0.15) is 0 Å². The van der Waals surface area contributed by atoms with Gasteiger partial charge in [0.15, 0.2) is 0 Å². The number of carbonyl (C=O) groups is 1. The van der Waals surface area contributed by atoms with Crippen molar-refractivity contribution in [2.45, 2.75) is 40.0 Å². The highest BCUT2D eigenvalue weighted by atomic mass is 16.5. The molecule has 0 saturated carbocycles. The molecule has 1 atom stereocenters. The molecule has 152 valence electrons. The maximum atomic E-state index is 12.4. The molecule has 2 N–H and O–H groups in total. The Kier molecular flexibility index (Phi) is 6.67. The van der Waals surface area contributed by atoms with Crippen LogP contribution >= 0.6 is 0 Å². The molecule has 6 nitrogen and oxygen atoms in total. The summed E-state index contributed by atoms with van der Waals surface area (Å²) in [7, 11) is 1.66. The van der Waals surface area contributed by atoms with Gasteiger partial charge in [0.05, 0.1) is 24.5 Å². The number of nitrogens with zero attached hydrogens (tertiary/aromatic N) is 2. The predicted molar refractivity (Wildman–Crippen MR) is 114 cm³/mol. The number of carbonyl (C=O) groups excluding carboxylic acids is 1. The molecule has 3 rings (SSSR count). The van der Waals surface area contributed by atoms with Crippen LogP contribution in [0.5, 0.6) is 0 Å². The SMILES string of the molecule is COCc1ccccc1CNC(=O)N[C@@H](C)c1cnn(-c2ccc(C)cc2)c1C. The smallest absolute Gasteiger partial charge is 0.315 e. The Morgan fingerprint density at radius 1 is 1.10 bits per heavy atom. The second-order valence-corrected chi connectivity index (χ2v) is 7.18. The third-order valence-corrected chi connectivity index (χ3v) is 5.00. The molecule has 1 heterocycles. The van der Waals surface area contributed by atoms with E-state index in [1.807, 2.05) is 61.1 Å². The fraction of sp³-hybridized carbons (Fsp3) is 0.304. The summed E-state index contributed by atoms with van der Waals surface area (Å²) in [5.74, 6) is 0. The average molecular weight is 393 g/mol. The van der Waals surface area contributed by atoms with Gasteiger partial charge in [-0.15, -0.1) is 0 Å². The standard InChI is InChI=1S/C23H28N4O2/c1-16-9-11-21(12-10-16)27-18(3)22(14-25-27)17(2)26-23(28)24-13-19-7-5-6-8-20(19)15-29-4/h5-12,14,17H,13,15H2,1-4H3,(H2,24,26,28)/t17-/m0/s1. The van der Waals surface area contributed by atoms with E-state index < -0.39 is 0 Å². The van der Waals surface area contributed by atoms with Crippen molar-refractivity contribution in [3.63, 3.8) is 0 Å². The van der Waals surface area contributed by atoms with Crippen LogP contribution in [0.15, 0.2) is 54.7 Å². The van der Waals surface area contributed by atoms with Crippen molar-refractivity contribution < 1.29 is 9.53 Å². The Balaban J connectivity index is 1.62. The Morgan fingerprint density at radius 3 is 2.48 bits per heavy atom. The number of hydrogen-bond acceptors (Lipinski definition) is 3. The Bertz CT molecular complexity index is 963. The van der Waals surface area contributed by atoms with Crippen molar-refractivity contribution in [2.24, 2.45) is 0 Å². The van der Waals surface area contributed by atoms with Crippen LogP contribution in [0.3, 0.4) is 0 Å². The lowest BCUT2D eigenvalue weighted by Gasteiger charge is -2.16. The van der Waals surface area contributed by atoms with E-state index in [1.165, 1.54) is 5.56 Å². The minimum atomic E-state index is -0.216. The number of hydrogen-bond donors (Lipinski definition) is 2. The summed E-state index contributed by atoms with van der Waals surface area (Å²) in [6, 6.07) is 15.8. The van der Waals surface area contributed by atoms with E-state index in [0.29, 0.717) is 13.2 Å². The van der Waals surface area contributed by atoms with Gasteiger partial charge >= 0.3 is 6.03 Å². The third kappa shape index (κ3) is 5.03. The number of aryl methyl sites for hydroxylation is 1. The van der Waals surface area contributed by atoms with Crippen LogP contribution < -0.4 is 10.6 Å². The fourth-order valence-corrected chi connectivity index (χ4v) is 3.32. The van der Waals surface area contributed by atoms with Crippen LogP contribution in [0.2, 0.25) is 0 Å². The molecular weight excluding hydrogens is 364 g/mol. The first-order chi connectivity index (χ1) is 14.0. The van der Waals surface area contributed by atoms with Crippen LogP contribution in [0, 0.1) is 13.8 Å². The van der Waals surface area contributed by atoms with E-state index in [0.717, 1.165) is 28.1 Å². The summed E-state index contributed by atoms with van der Waals surface area (Å²) < 4.78 is 7.11. The number of rotatable bonds is 7. The van der Waals surface area contributed by atoms with Gasteiger partial charge in [-0.25, -0.2) is 9.48 Å². The number of benzene rings is 2. The Hall–Kier alpha value is -3.12. The van der Waals surface area contributed by atoms with Crippen molar-refractivity contribution in [2.75, 3.05) is 7.11 Å². The summed E-state index contributed by atoms with van der Waals surface area (Å²) in [5, 5.41) is 10.4. The predicted octanol–water partition coefficient (Wildman–Crippen LogP) is 4.20. The average Bonchev–Trinajstić information content (AvgIpc) is 3.09. The second-order valence-electron chi connectivity index (χ2n) is 7.18. The molecule has 0 aliphatic heterocycles. The zero-order valence-corrected chi connectivity index (χ0v) is 17.4. The monoisotopic (exact) mass is 392 g/mol. The molecule has 6 heteroatoms. The van der Waals surface area contributed by atoms with Crippen molar-refractivity contribution in [1.82, 2.24) is 20.4 Å². The normalized spacial score (nSPS) is 11.9. The van der Waals surface area contributed by atoms with Crippen LogP contribution in [0.25, 0.3) is 5.69 Å². The van der Waals surface area contributed by atoms with Crippen molar-refractivity contribution in [1.29, 1.82) is 0 Å². The van der Waals surface area contributed by atoms with Gasteiger partial charge in [-0.05, 0) is 44.0 Å². The van der Waals surface area contributed by atoms with Crippen LogP contribution in [-0.4, -0.2) is 22.9 Å². The van der Waals surface area contributed by atoms with Gasteiger partial charge in [-0.3, -0.25) is 0 Å². The molecule has 0 fully saturated rings. The molecule has 0 spiro atoms. The third-order valence-electron chi connectivity index (χ3n) is 5.00. The maximum Gasteiger partial charge on any atom is 0.315 e. The number of amides is 2. The van der Waals surface area contributed by atoms with E-state index >= 15 is 0 Å². The Morgan fingerprint density at radius 2 is 1.79 bits per heavy atom. The van der Waals surface area contributed by atoms with E-state index in [4.69, 9.17) is 4.74 Å². The minimum absolute atomic E-state index is 0.164. The number of ether oxygens (including phenoxy) is 1. The highest BCUT2D eigenvalue weighted by Crippen LogP contribution is 2.20. The van der Waals surface area contributed by atoms with Crippen LogP contribution in [0.1, 0.15) is 40.9 Å². The first-order valence-corrected chi connectivity index (χ1v) is 9.71. The zero-order chi connectivity index (χ0) is 20.8. The number of methoxy groups -OCH3 is 1. The van der Waals surface area contributed by atoms with Crippen LogP contribution in [0.4, 0.5) is 4.79 Å². The van der Waals surface area contributed by atoms with E-state index in [9.17, 15) is 4.79 Å². The minimum Gasteiger partial charge on any atom is -0.380 e. The highest BCUT2D eigenvalue weighted by molar-refractivity contribution is 5.74. The second kappa shape index (κ2) is 9.39. The molecule has 3 aromatic rings. The molecule has 0 saturated heterocycles. The topological polar surface area (TPSA) is 68.2 Å². The number of urea groups is 1. The van der Waals surface area contributed by atoms with Gasteiger partial charge in [-0.1, -0.05) is 42.0 Å². The summed E-state index contributed by atoms with van der Waals surface area (Å²) >= 11 is 0. The summed E-state index contributed by atoms with van der Waals surface area (Å²) in [4.78, 5) is 12.4. The molecule has 29 heavy (non-hydrogen) atoms. The van der Waals surface area contributed by atoms with Gasteiger partial charge < -0.3 is 15.4 Å². The van der Waals surface area contributed by atoms with E-state index in [-0.39, 0.29) is 12.1 Å². The van der Waals surface area contributed by atoms with Gasteiger partial charge in [0.2, 0.25) is 0 Å². The molecule has 0 aliphatic rings. The van der Waals surface area contributed by atoms with Gasteiger partial charge in [0, 0.05) is 24.9 Å². The molecule has 0 bridgehead atoms. The molecular formula is C23H28N4O2.